The zero-order chi connectivity index (χ0) is 17.4. The lowest BCUT2D eigenvalue weighted by Crippen LogP contribution is -2.21. The third-order valence-electron chi connectivity index (χ3n) is 1.91. The Labute approximate surface area is 126 Å². The molecule has 10 nitrogen and oxygen atoms in total. The number of hydrogen-bond acceptors (Lipinski definition) is 9. The first kappa shape index (κ1) is 22.2. The highest BCUT2D eigenvalue weighted by Gasteiger charge is 2.07. The molecule has 0 aromatic rings. The van der Waals surface area contributed by atoms with Crippen molar-refractivity contribution in [1.82, 2.24) is 0 Å². The van der Waals surface area contributed by atoms with Gasteiger partial charge in [-0.2, -0.15) is 0 Å². The highest BCUT2D eigenvalue weighted by Crippen LogP contribution is 1.97. The maximum absolute atomic E-state index is 10.8. The number of hydrogen-bond donors (Lipinski definition) is 4. The van der Waals surface area contributed by atoms with Gasteiger partial charge in [-0.05, 0) is 12.8 Å². The Morgan fingerprint density at radius 1 is 1.09 bits per heavy atom. The van der Waals surface area contributed by atoms with Crippen LogP contribution in [0.25, 0.3) is 0 Å². The average Bonchev–Trinajstić information content (AvgIpc) is 2.45. The van der Waals surface area contributed by atoms with Crippen LogP contribution in [0.3, 0.4) is 0 Å². The second-order valence-electron chi connectivity index (χ2n) is 3.86. The van der Waals surface area contributed by atoms with Crippen molar-refractivity contribution in [3.63, 3.8) is 0 Å². The highest BCUT2D eigenvalue weighted by atomic mass is 16.6. The number of aliphatic carboxylic acids is 1. The molecule has 4 N–H and O–H groups in total. The summed E-state index contributed by atoms with van der Waals surface area (Å²) in [5.41, 5.74) is 0. The van der Waals surface area contributed by atoms with Crippen LogP contribution in [-0.4, -0.2) is 70.7 Å². The van der Waals surface area contributed by atoms with Crippen LogP contribution in [-0.2, 0) is 28.7 Å². The predicted octanol–water partition coefficient (Wildman–Crippen LogP) is -1.79. The number of aliphatic hydroxyl groups excluding tert-OH is 3. The summed E-state index contributed by atoms with van der Waals surface area (Å²) in [4.78, 5) is 39.9. The Balaban J connectivity index is 0. The number of carboxylic acid groups (broad SMARTS) is 1. The lowest BCUT2D eigenvalue weighted by molar-refractivity contribution is -0.155. The molecule has 0 heterocycles. The van der Waals surface area contributed by atoms with Crippen molar-refractivity contribution in [3.8, 4) is 0 Å². The van der Waals surface area contributed by atoms with E-state index in [0.29, 0.717) is 12.8 Å². The minimum absolute atomic E-state index is 0.0620. The number of aliphatic hydroxyl groups is 3. The number of unbranched alkanes of at least 4 members (excludes halogenated alkanes) is 1. The van der Waals surface area contributed by atoms with Gasteiger partial charge in [0.05, 0.1) is 6.61 Å². The molecule has 0 amide bonds. The lowest BCUT2D eigenvalue weighted by atomic mass is 10.2. The summed E-state index contributed by atoms with van der Waals surface area (Å²) in [7, 11) is 0. The van der Waals surface area contributed by atoms with Crippen molar-refractivity contribution >= 4 is 24.4 Å². The fourth-order valence-electron chi connectivity index (χ4n) is 0.914. The van der Waals surface area contributed by atoms with E-state index >= 15 is 0 Å². The maximum Gasteiger partial charge on any atom is 0.324 e. The van der Waals surface area contributed by atoms with Crippen molar-refractivity contribution in [2.24, 2.45) is 0 Å². The van der Waals surface area contributed by atoms with Crippen molar-refractivity contribution in [1.29, 1.82) is 0 Å². The first-order valence-corrected chi connectivity index (χ1v) is 6.27. The average molecular weight is 324 g/mol. The molecule has 0 fully saturated rings. The van der Waals surface area contributed by atoms with Crippen LogP contribution >= 0.6 is 0 Å². The second-order valence-corrected chi connectivity index (χ2v) is 3.86. The molecule has 0 aromatic heterocycles. The Kier molecular flexibility index (Phi) is 15.5. The Hall–Kier alpha value is -2.04. The van der Waals surface area contributed by atoms with Crippen molar-refractivity contribution in [3.05, 3.63) is 0 Å². The number of carboxylic acids is 1. The number of carbonyl (C=O) groups excluding carboxylic acids is 3. The molecule has 0 aromatic carbocycles. The number of rotatable bonds is 10. The summed E-state index contributed by atoms with van der Waals surface area (Å²) in [5.74, 6) is -2.79. The fourth-order valence-corrected chi connectivity index (χ4v) is 0.914. The third-order valence-corrected chi connectivity index (χ3v) is 1.91. The van der Waals surface area contributed by atoms with Gasteiger partial charge in [-0.15, -0.1) is 0 Å². The molecule has 128 valence electrons. The molecule has 0 aliphatic rings. The van der Waals surface area contributed by atoms with Gasteiger partial charge in [-0.25, -0.2) is 0 Å². The van der Waals surface area contributed by atoms with E-state index < -0.39 is 37.0 Å². The molecule has 0 saturated heterocycles. The second kappa shape index (κ2) is 15.4. The zero-order valence-corrected chi connectivity index (χ0v) is 11.8. The Bertz CT molecular complexity index is 341. The summed E-state index contributed by atoms with van der Waals surface area (Å²) in [6.07, 6.45) is -0.401. The van der Waals surface area contributed by atoms with Crippen molar-refractivity contribution in [2.75, 3.05) is 19.8 Å². The van der Waals surface area contributed by atoms with Gasteiger partial charge in [-0.3, -0.25) is 19.2 Å². The lowest BCUT2D eigenvalue weighted by Gasteiger charge is -2.07. The smallest absolute Gasteiger partial charge is 0.324 e. The van der Waals surface area contributed by atoms with E-state index in [-0.39, 0.29) is 26.1 Å². The minimum Gasteiger partial charge on any atom is -0.481 e. The zero-order valence-electron chi connectivity index (χ0n) is 11.8. The molecule has 10 heteroatoms. The van der Waals surface area contributed by atoms with Gasteiger partial charge in [0.2, 0.25) is 0 Å². The first-order chi connectivity index (χ1) is 10.4. The summed E-state index contributed by atoms with van der Waals surface area (Å²) in [6, 6.07) is 0. The van der Waals surface area contributed by atoms with Crippen LogP contribution in [0.1, 0.15) is 25.7 Å². The van der Waals surface area contributed by atoms with Gasteiger partial charge in [0.25, 0.3) is 0 Å². The Morgan fingerprint density at radius 3 is 2.18 bits per heavy atom. The quantitative estimate of drug-likeness (QED) is 0.156. The van der Waals surface area contributed by atoms with E-state index in [1.165, 1.54) is 0 Å². The van der Waals surface area contributed by atoms with Crippen molar-refractivity contribution < 1.29 is 49.1 Å². The van der Waals surface area contributed by atoms with E-state index in [9.17, 15) is 19.2 Å². The van der Waals surface area contributed by atoms with Gasteiger partial charge in [0.15, 0.2) is 0 Å². The Morgan fingerprint density at radius 2 is 1.73 bits per heavy atom. The number of esters is 2. The molecule has 22 heavy (non-hydrogen) atoms. The summed E-state index contributed by atoms with van der Waals surface area (Å²) >= 11 is 0. The van der Waals surface area contributed by atoms with Crippen LogP contribution in [0, 0.1) is 0 Å². The molecule has 0 spiro atoms. The monoisotopic (exact) mass is 324 g/mol. The van der Waals surface area contributed by atoms with Gasteiger partial charge in [-0.1, -0.05) is 0 Å². The molecule has 0 saturated carbocycles. The topological polar surface area (TPSA) is 168 Å². The van der Waals surface area contributed by atoms with E-state index in [0.717, 1.165) is 0 Å². The van der Waals surface area contributed by atoms with Crippen LogP contribution in [0.15, 0.2) is 0 Å². The molecule has 0 bridgehead atoms. The van der Waals surface area contributed by atoms with E-state index in [1.807, 2.05) is 0 Å². The number of carbonyl (C=O) groups is 4. The standard InChI is InChI=1S/C8H16O5.C4H4O5/c9-4-2-1-3-8(12)13-6-7(11)5-10;5-2-9-4(8)1-3(6)7/h7,9-11H,1-6H2;2H,1H2,(H,6,7). The van der Waals surface area contributed by atoms with Gasteiger partial charge in [0.1, 0.15) is 19.1 Å². The summed E-state index contributed by atoms with van der Waals surface area (Å²) in [6.45, 7) is -0.629. The molecule has 0 aliphatic carbocycles. The minimum atomic E-state index is -1.32. The van der Waals surface area contributed by atoms with Crippen molar-refractivity contribution in [2.45, 2.75) is 31.8 Å². The molecule has 0 aliphatic heterocycles. The van der Waals surface area contributed by atoms with Gasteiger partial charge in [0, 0.05) is 13.0 Å². The predicted molar refractivity (Wildman–Crippen MR) is 69.4 cm³/mol. The fraction of sp³-hybridized carbons (Fsp3) is 0.667. The molecular weight excluding hydrogens is 304 g/mol. The molecule has 1 unspecified atom stereocenters. The first-order valence-electron chi connectivity index (χ1n) is 6.27. The van der Waals surface area contributed by atoms with Crippen LogP contribution < -0.4 is 0 Å². The van der Waals surface area contributed by atoms with Gasteiger partial charge < -0.3 is 29.9 Å². The van der Waals surface area contributed by atoms with E-state index in [1.54, 1.807) is 0 Å². The van der Waals surface area contributed by atoms with Gasteiger partial charge >= 0.3 is 24.4 Å². The van der Waals surface area contributed by atoms with E-state index in [4.69, 9.17) is 20.4 Å². The normalized spacial score (nSPS) is 10.7. The molecule has 0 radical (unpaired) electrons. The summed E-state index contributed by atoms with van der Waals surface area (Å²) < 4.78 is 8.26. The SMILES string of the molecule is O=C(CCCCO)OCC(O)CO.O=COC(=O)CC(=O)O. The molecular formula is C12H20O10. The summed E-state index contributed by atoms with van der Waals surface area (Å²) in [5, 5.41) is 33.5. The van der Waals surface area contributed by atoms with Crippen LogP contribution in [0.5, 0.6) is 0 Å². The molecule has 0 rings (SSSR count). The molecule has 1 atom stereocenters. The largest absolute Gasteiger partial charge is 0.481 e. The highest BCUT2D eigenvalue weighted by molar-refractivity contribution is 5.92. The maximum atomic E-state index is 10.8. The van der Waals surface area contributed by atoms with Crippen LogP contribution in [0.4, 0.5) is 0 Å². The van der Waals surface area contributed by atoms with Crippen LogP contribution in [0.2, 0.25) is 0 Å². The van der Waals surface area contributed by atoms with E-state index in [2.05, 4.69) is 9.47 Å². The third kappa shape index (κ3) is 18.0. The number of ether oxygens (including phenoxy) is 2.